The molecule has 26 heavy (non-hydrogen) atoms. The first-order valence-corrected chi connectivity index (χ1v) is 8.98. The molecule has 3 heterocycles. The Morgan fingerprint density at radius 3 is 2.69 bits per heavy atom. The fourth-order valence-electron chi connectivity index (χ4n) is 2.87. The molecular weight excluding hydrogens is 373 g/mol. The van der Waals surface area contributed by atoms with Gasteiger partial charge in [0.05, 0.1) is 6.61 Å². The molecule has 0 bridgehead atoms. The number of imidazole rings is 1. The number of anilines is 1. The maximum absolute atomic E-state index is 12.4. The van der Waals surface area contributed by atoms with Crippen LogP contribution < -0.4 is 10.6 Å². The second-order valence-electron chi connectivity index (χ2n) is 5.89. The van der Waals surface area contributed by atoms with Crippen molar-refractivity contribution in [3.63, 3.8) is 0 Å². The summed E-state index contributed by atoms with van der Waals surface area (Å²) in [6, 6.07) is 0. The molecule has 13 nitrogen and oxygen atoms in total. The number of nitrogens with zero attached hydrogens (tertiary/aromatic N) is 4. The summed E-state index contributed by atoms with van der Waals surface area (Å²) in [4.78, 5) is 42.7. The number of aliphatic hydroxyl groups is 2. The standard InChI is InChI=1S/C12H18N5O8P/c1-16(2)9-6-10(14-4-13-9)17(12(20)15-6)11-7(19)8(5(3-18)24-11)25-26(21,22)23/h4-5,7-8,11,18-19H,3H2,1-2H3,(H,15,20)(H2,21,22,23)/t5-,7-,8-,11-/m1/s1. The van der Waals surface area contributed by atoms with Crippen LogP contribution in [-0.4, -0.2) is 78.5 Å². The Kier molecular flexibility index (Phi) is 4.88. The molecule has 1 fully saturated rings. The molecule has 4 atom stereocenters. The quantitative estimate of drug-likeness (QED) is 0.352. The normalized spacial score (nSPS) is 26.5. The highest BCUT2D eigenvalue weighted by atomic mass is 31.2. The van der Waals surface area contributed by atoms with Crippen molar-refractivity contribution in [2.24, 2.45) is 0 Å². The van der Waals surface area contributed by atoms with Crippen molar-refractivity contribution in [2.75, 3.05) is 25.6 Å². The number of rotatable bonds is 5. The number of fused-ring (bicyclic) bond motifs is 1. The lowest BCUT2D eigenvalue weighted by atomic mass is 10.1. The summed E-state index contributed by atoms with van der Waals surface area (Å²) in [6.07, 6.45) is -4.60. The molecule has 14 heteroatoms. The smallest absolute Gasteiger partial charge is 0.394 e. The minimum absolute atomic E-state index is 0.117. The van der Waals surface area contributed by atoms with Crippen molar-refractivity contribution in [3.8, 4) is 0 Å². The highest BCUT2D eigenvalue weighted by Crippen LogP contribution is 2.43. The molecular formula is C12H18N5O8P. The molecule has 0 spiro atoms. The molecule has 5 N–H and O–H groups in total. The van der Waals surface area contributed by atoms with E-state index in [1.54, 1.807) is 19.0 Å². The predicted molar refractivity (Wildman–Crippen MR) is 86.4 cm³/mol. The number of aromatic nitrogens is 4. The maximum Gasteiger partial charge on any atom is 0.470 e. The number of hydrogen-bond donors (Lipinski definition) is 5. The van der Waals surface area contributed by atoms with E-state index in [0.29, 0.717) is 11.3 Å². The zero-order chi connectivity index (χ0) is 19.2. The van der Waals surface area contributed by atoms with Crippen molar-refractivity contribution in [1.82, 2.24) is 19.5 Å². The van der Waals surface area contributed by atoms with E-state index in [2.05, 4.69) is 19.5 Å². The molecule has 3 rings (SSSR count). The number of phosphoric ester groups is 1. The summed E-state index contributed by atoms with van der Waals surface area (Å²) in [5, 5.41) is 19.8. The minimum atomic E-state index is -4.97. The van der Waals surface area contributed by atoms with Crippen LogP contribution in [0.15, 0.2) is 11.1 Å². The minimum Gasteiger partial charge on any atom is -0.394 e. The largest absolute Gasteiger partial charge is 0.470 e. The lowest BCUT2D eigenvalue weighted by Crippen LogP contribution is -2.36. The fourth-order valence-corrected chi connectivity index (χ4v) is 3.45. The third kappa shape index (κ3) is 3.25. The summed E-state index contributed by atoms with van der Waals surface area (Å²) >= 11 is 0. The van der Waals surface area contributed by atoms with Crippen molar-refractivity contribution in [2.45, 2.75) is 24.5 Å². The SMILES string of the molecule is CN(C)c1ncnc2c1[nH]c(=O)n2[C@@H]1O[C@H](CO)[C@@H](OP(=O)(O)O)[C@H]1O. The van der Waals surface area contributed by atoms with E-state index >= 15 is 0 Å². The van der Waals surface area contributed by atoms with Crippen molar-refractivity contribution in [1.29, 1.82) is 0 Å². The Balaban J connectivity index is 2.07. The van der Waals surface area contributed by atoms with Crippen molar-refractivity contribution < 1.29 is 33.8 Å². The zero-order valence-electron chi connectivity index (χ0n) is 13.8. The third-order valence-corrected chi connectivity index (χ3v) is 4.43. The molecule has 0 aliphatic carbocycles. The van der Waals surface area contributed by atoms with Gasteiger partial charge in [-0.15, -0.1) is 0 Å². The predicted octanol–water partition coefficient (Wildman–Crippen LogP) is -2.09. The van der Waals surface area contributed by atoms with Crippen LogP contribution in [0.4, 0.5) is 5.82 Å². The van der Waals surface area contributed by atoms with E-state index in [1.807, 2.05) is 0 Å². The summed E-state index contributed by atoms with van der Waals surface area (Å²) in [6.45, 7) is -0.687. The van der Waals surface area contributed by atoms with E-state index < -0.39 is 44.7 Å². The first-order valence-electron chi connectivity index (χ1n) is 7.45. The molecule has 2 aromatic rings. The van der Waals surface area contributed by atoms with Gasteiger partial charge in [-0.25, -0.2) is 23.9 Å². The number of hydrogen-bond acceptors (Lipinski definition) is 9. The lowest BCUT2D eigenvalue weighted by Gasteiger charge is -2.19. The van der Waals surface area contributed by atoms with Crippen LogP contribution in [0.5, 0.6) is 0 Å². The van der Waals surface area contributed by atoms with Gasteiger partial charge in [-0.2, -0.15) is 0 Å². The van der Waals surface area contributed by atoms with Crippen LogP contribution in [0, 0.1) is 0 Å². The van der Waals surface area contributed by atoms with Crippen LogP contribution in [0.1, 0.15) is 6.23 Å². The second kappa shape index (κ2) is 6.70. The highest BCUT2D eigenvalue weighted by molar-refractivity contribution is 7.46. The van der Waals surface area contributed by atoms with Crippen LogP contribution >= 0.6 is 7.82 Å². The van der Waals surface area contributed by atoms with Gasteiger partial charge in [0.2, 0.25) is 0 Å². The van der Waals surface area contributed by atoms with Crippen molar-refractivity contribution >= 4 is 24.8 Å². The van der Waals surface area contributed by atoms with Gasteiger partial charge in [0.1, 0.15) is 30.2 Å². The van der Waals surface area contributed by atoms with E-state index in [0.717, 1.165) is 4.57 Å². The average Bonchev–Trinajstić information content (AvgIpc) is 3.02. The molecule has 0 amide bonds. The molecule has 0 radical (unpaired) electrons. The maximum atomic E-state index is 12.4. The third-order valence-electron chi connectivity index (χ3n) is 3.91. The van der Waals surface area contributed by atoms with Gasteiger partial charge in [0, 0.05) is 14.1 Å². The van der Waals surface area contributed by atoms with Gasteiger partial charge >= 0.3 is 13.5 Å². The van der Waals surface area contributed by atoms with Crippen LogP contribution in [0.25, 0.3) is 11.2 Å². The Labute approximate surface area is 146 Å². The van der Waals surface area contributed by atoms with Gasteiger partial charge in [-0.3, -0.25) is 4.52 Å². The Morgan fingerprint density at radius 2 is 2.12 bits per heavy atom. The average molecular weight is 391 g/mol. The number of aliphatic hydroxyl groups excluding tert-OH is 2. The number of H-pyrrole nitrogens is 1. The number of aromatic amines is 1. The topological polar surface area (TPSA) is 183 Å². The molecule has 0 saturated carbocycles. The van der Waals surface area contributed by atoms with Crippen molar-refractivity contribution in [3.05, 3.63) is 16.8 Å². The Hall–Kier alpha value is -1.86. The van der Waals surface area contributed by atoms with E-state index in [9.17, 15) is 19.6 Å². The number of ether oxygens (including phenoxy) is 1. The van der Waals surface area contributed by atoms with E-state index in [-0.39, 0.29) is 5.65 Å². The Morgan fingerprint density at radius 1 is 1.42 bits per heavy atom. The first-order chi connectivity index (χ1) is 12.1. The van der Waals surface area contributed by atoms with E-state index in [1.165, 1.54) is 6.33 Å². The van der Waals surface area contributed by atoms with E-state index in [4.69, 9.17) is 14.5 Å². The molecule has 1 aliphatic rings. The highest BCUT2D eigenvalue weighted by Gasteiger charge is 2.49. The lowest BCUT2D eigenvalue weighted by molar-refractivity contribution is -0.0523. The summed E-state index contributed by atoms with van der Waals surface area (Å²) in [5.74, 6) is 0.417. The molecule has 1 saturated heterocycles. The molecule has 144 valence electrons. The monoisotopic (exact) mass is 391 g/mol. The van der Waals surface area contributed by atoms with Gasteiger partial charge < -0.3 is 34.6 Å². The summed E-state index contributed by atoms with van der Waals surface area (Å²) in [5.41, 5.74) is -0.273. The Bertz CT molecular complexity index is 907. The molecule has 0 unspecified atom stereocenters. The second-order valence-corrected chi connectivity index (χ2v) is 7.08. The molecule has 2 aromatic heterocycles. The van der Waals surface area contributed by atoms with Crippen LogP contribution in [0.3, 0.4) is 0 Å². The number of phosphoric acid groups is 1. The fraction of sp³-hybridized carbons (Fsp3) is 0.583. The first kappa shape index (κ1) is 18.9. The molecule has 0 aromatic carbocycles. The van der Waals surface area contributed by atoms with Crippen LogP contribution in [0.2, 0.25) is 0 Å². The van der Waals surface area contributed by atoms with Crippen LogP contribution in [-0.2, 0) is 13.8 Å². The van der Waals surface area contributed by atoms with Gasteiger partial charge in [-0.05, 0) is 0 Å². The number of nitrogens with one attached hydrogen (secondary N) is 1. The molecule has 1 aliphatic heterocycles. The van der Waals surface area contributed by atoms with Gasteiger partial charge in [-0.1, -0.05) is 0 Å². The summed E-state index contributed by atoms with van der Waals surface area (Å²) < 4.78 is 22.0. The van der Waals surface area contributed by atoms with Gasteiger partial charge in [0.25, 0.3) is 0 Å². The van der Waals surface area contributed by atoms with Gasteiger partial charge in [0.15, 0.2) is 17.7 Å². The summed E-state index contributed by atoms with van der Waals surface area (Å²) in [7, 11) is -1.54. The zero-order valence-corrected chi connectivity index (χ0v) is 14.6.